The molecule has 1 amide bonds. The lowest BCUT2D eigenvalue weighted by molar-refractivity contribution is -0.134. The topological polar surface area (TPSA) is 57.7 Å². The zero-order valence-electron chi connectivity index (χ0n) is 18.7. The quantitative estimate of drug-likeness (QED) is 0.569. The van der Waals surface area contributed by atoms with Crippen LogP contribution in [0.4, 0.5) is 0 Å². The summed E-state index contributed by atoms with van der Waals surface area (Å²) < 4.78 is 27.2. The molecule has 1 unspecified atom stereocenters. The van der Waals surface area contributed by atoms with Crippen molar-refractivity contribution in [3.63, 3.8) is 0 Å². The molecule has 1 fully saturated rings. The molecule has 0 radical (unpaired) electrons. The van der Waals surface area contributed by atoms with Crippen LogP contribution in [0.3, 0.4) is 0 Å². The van der Waals surface area contributed by atoms with Crippen LogP contribution in [0.15, 0.2) is 59.5 Å². The summed E-state index contributed by atoms with van der Waals surface area (Å²) >= 11 is 0. The lowest BCUT2D eigenvalue weighted by Crippen LogP contribution is -2.37. The Labute approximate surface area is 187 Å². The lowest BCUT2D eigenvalue weighted by atomic mass is 10.1. The van der Waals surface area contributed by atoms with Crippen molar-refractivity contribution < 1.29 is 13.2 Å². The average Bonchev–Trinajstić information content (AvgIpc) is 2.82. The van der Waals surface area contributed by atoms with Crippen LogP contribution in [0.5, 0.6) is 0 Å². The van der Waals surface area contributed by atoms with Crippen molar-refractivity contribution in [3.05, 3.63) is 65.7 Å². The van der Waals surface area contributed by atoms with E-state index >= 15 is 0 Å². The predicted molar refractivity (Wildman–Crippen MR) is 124 cm³/mol. The molecular formula is C25H34N2O3S. The molecule has 1 saturated heterocycles. The van der Waals surface area contributed by atoms with Gasteiger partial charge in [-0.05, 0) is 55.9 Å². The van der Waals surface area contributed by atoms with E-state index in [-0.39, 0.29) is 11.9 Å². The first-order valence-corrected chi connectivity index (χ1v) is 12.8. The van der Waals surface area contributed by atoms with Crippen LogP contribution in [0.1, 0.15) is 57.1 Å². The second-order valence-corrected chi connectivity index (χ2v) is 10.3. The van der Waals surface area contributed by atoms with E-state index in [1.54, 1.807) is 16.4 Å². The lowest BCUT2D eigenvalue weighted by Gasteiger charge is -2.29. The Balaban J connectivity index is 1.62. The molecule has 2 aromatic carbocycles. The minimum atomic E-state index is -3.41. The first kappa shape index (κ1) is 23.5. The van der Waals surface area contributed by atoms with Gasteiger partial charge < -0.3 is 4.90 Å². The molecule has 1 heterocycles. The van der Waals surface area contributed by atoms with E-state index in [2.05, 4.69) is 13.8 Å². The normalized spacial score (nSPS) is 16.1. The fourth-order valence-electron chi connectivity index (χ4n) is 3.97. The van der Waals surface area contributed by atoms with Gasteiger partial charge in [0, 0.05) is 32.1 Å². The summed E-state index contributed by atoms with van der Waals surface area (Å²) in [7, 11) is -3.41. The van der Waals surface area contributed by atoms with E-state index < -0.39 is 10.0 Å². The smallest absolute Gasteiger partial charge is 0.243 e. The molecule has 0 aliphatic carbocycles. The Kier molecular flexibility index (Phi) is 8.27. The molecule has 0 N–H and O–H groups in total. The minimum absolute atomic E-state index is 0.128. The number of carbonyl (C=O) groups excluding carboxylic acids is 1. The molecule has 0 bridgehead atoms. The first-order valence-electron chi connectivity index (χ1n) is 11.3. The third-order valence-corrected chi connectivity index (χ3v) is 8.06. The summed E-state index contributed by atoms with van der Waals surface area (Å²) in [6.45, 7) is 6.00. The van der Waals surface area contributed by atoms with Crippen molar-refractivity contribution in [2.75, 3.05) is 13.1 Å². The number of carbonyl (C=O) groups is 1. The minimum Gasteiger partial charge on any atom is -0.336 e. The average molecular weight is 443 g/mol. The van der Waals surface area contributed by atoms with Crippen molar-refractivity contribution in [1.82, 2.24) is 9.21 Å². The third-order valence-electron chi connectivity index (χ3n) is 6.14. The van der Waals surface area contributed by atoms with Gasteiger partial charge in [0.25, 0.3) is 0 Å². The number of sulfonamides is 1. The highest BCUT2D eigenvalue weighted by Gasteiger charge is 2.25. The van der Waals surface area contributed by atoms with Gasteiger partial charge in [-0.15, -0.1) is 0 Å². The fourth-order valence-corrected chi connectivity index (χ4v) is 5.48. The Hall–Kier alpha value is -2.18. The Morgan fingerprint density at radius 3 is 2.23 bits per heavy atom. The Bertz CT molecular complexity index is 936. The van der Waals surface area contributed by atoms with Gasteiger partial charge in [0.2, 0.25) is 15.9 Å². The van der Waals surface area contributed by atoms with Crippen molar-refractivity contribution in [2.24, 2.45) is 0 Å². The number of nitrogens with zero attached hydrogens (tertiary/aromatic N) is 2. The molecule has 3 rings (SSSR count). The highest BCUT2D eigenvalue weighted by Crippen LogP contribution is 2.21. The molecule has 2 aromatic rings. The maximum atomic E-state index is 13.0. The zero-order chi connectivity index (χ0) is 22.3. The van der Waals surface area contributed by atoms with Crippen molar-refractivity contribution in [1.29, 1.82) is 0 Å². The number of amides is 1. The largest absolute Gasteiger partial charge is 0.336 e. The maximum Gasteiger partial charge on any atom is 0.243 e. The van der Waals surface area contributed by atoms with Crippen LogP contribution in [0.2, 0.25) is 0 Å². The standard InChI is InChI=1S/C25H34N2O3S/c1-3-21(2)27(20-23-10-6-4-7-11-23)25(28)17-14-22-12-15-24(16-13-22)31(29,30)26-18-8-5-9-19-26/h4,6-7,10-13,15-16,21H,3,5,8-9,14,17-20H2,1-2H3. The molecular weight excluding hydrogens is 408 g/mol. The number of rotatable bonds is 9. The van der Waals surface area contributed by atoms with E-state index in [9.17, 15) is 13.2 Å². The van der Waals surface area contributed by atoms with Crippen LogP contribution in [-0.4, -0.2) is 42.7 Å². The van der Waals surface area contributed by atoms with E-state index in [1.165, 1.54) is 0 Å². The van der Waals surface area contributed by atoms with Gasteiger partial charge in [-0.2, -0.15) is 4.31 Å². The van der Waals surface area contributed by atoms with Crippen LogP contribution >= 0.6 is 0 Å². The molecule has 0 spiro atoms. The van der Waals surface area contributed by atoms with Gasteiger partial charge in [-0.25, -0.2) is 8.42 Å². The van der Waals surface area contributed by atoms with Crippen LogP contribution in [0.25, 0.3) is 0 Å². The van der Waals surface area contributed by atoms with Crippen molar-refractivity contribution in [3.8, 4) is 0 Å². The number of piperidine rings is 1. The molecule has 5 nitrogen and oxygen atoms in total. The molecule has 1 aliphatic heterocycles. The number of benzene rings is 2. The SMILES string of the molecule is CCC(C)N(Cc1ccccc1)C(=O)CCc1ccc(S(=O)(=O)N2CCCCC2)cc1. The van der Waals surface area contributed by atoms with Crippen molar-refractivity contribution in [2.45, 2.75) is 69.9 Å². The van der Waals surface area contributed by atoms with Gasteiger partial charge in [-0.3, -0.25) is 4.79 Å². The molecule has 168 valence electrons. The second kappa shape index (κ2) is 10.9. The van der Waals surface area contributed by atoms with Crippen LogP contribution < -0.4 is 0 Å². The van der Waals surface area contributed by atoms with E-state index in [0.717, 1.165) is 36.8 Å². The molecule has 6 heteroatoms. The van der Waals surface area contributed by atoms with Crippen molar-refractivity contribution >= 4 is 15.9 Å². The Morgan fingerprint density at radius 2 is 1.61 bits per heavy atom. The molecule has 0 saturated carbocycles. The summed E-state index contributed by atoms with van der Waals surface area (Å²) in [5.74, 6) is 0.128. The zero-order valence-corrected chi connectivity index (χ0v) is 19.5. The Morgan fingerprint density at radius 1 is 0.968 bits per heavy atom. The molecule has 1 aliphatic rings. The fraction of sp³-hybridized carbons (Fsp3) is 0.480. The summed E-state index contributed by atoms with van der Waals surface area (Å²) in [6.07, 6.45) is 4.86. The van der Waals surface area contributed by atoms with E-state index in [0.29, 0.717) is 37.4 Å². The predicted octanol–water partition coefficient (Wildman–Crippen LogP) is 4.62. The van der Waals surface area contributed by atoms with Crippen LogP contribution in [0, 0.1) is 0 Å². The summed E-state index contributed by atoms with van der Waals surface area (Å²) in [6, 6.07) is 17.3. The van der Waals surface area contributed by atoms with Gasteiger partial charge >= 0.3 is 0 Å². The monoisotopic (exact) mass is 442 g/mol. The molecule has 1 atom stereocenters. The number of hydrogen-bond donors (Lipinski definition) is 0. The van der Waals surface area contributed by atoms with Gasteiger partial charge in [0.05, 0.1) is 4.90 Å². The molecule has 31 heavy (non-hydrogen) atoms. The highest BCUT2D eigenvalue weighted by molar-refractivity contribution is 7.89. The summed E-state index contributed by atoms with van der Waals surface area (Å²) in [4.78, 5) is 15.3. The van der Waals surface area contributed by atoms with Gasteiger partial charge in [0.1, 0.15) is 0 Å². The maximum absolute atomic E-state index is 13.0. The van der Waals surface area contributed by atoms with Gasteiger partial charge in [0.15, 0.2) is 0 Å². The summed E-state index contributed by atoms with van der Waals surface area (Å²) in [5, 5.41) is 0. The van der Waals surface area contributed by atoms with E-state index in [1.807, 2.05) is 47.4 Å². The highest BCUT2D eigenvalue weighted by atomic mass is 32.2. The number of aryl methyl sites for hydroxylation is 1. The first-order chi connectivity index (χ1) is 14.9. The third kappa shape index (κ3) is 6.17. The van der Waals surface area contributed by atoms with Crippen LogP contribution in [-0.2, 0) is 27.8 Å². The number of hydrogen-bond acceptors (Lipinski definition) is 3. The van der Waals surface area contributed by atoms with E-state index in [4.69, 9.17) is 0 Å². The van der Waals surface area contributed by atoms with Gasteiger partial charge in [-0.1, -0.05) is 55.8 Å². The summed E-state index contributed by atoms with van der Waals surface area (Å²) in [5.41, 5.74) is 2.11. The molecule has 0 aromatic heterocycles. The second-order valence-electron chi connectivity index (χ2n) is 8.37.